The molecule has 1 aromatic rings. The van der Waals surface area contributed by atoms with Gasteiger partial charge in [0, 0.05) is 37.9 Å². The Morgan fingerprint density at radius 1 is 1.05 bits per heavy atom. The fourth-order valence-electron chi connectivity index (χ4n) is 3.31. The van der Waals surface area contributed by atoms with Crippen LogP contribution < -0.4 is 10.2 Å². The second kappa shape index (κ2) is 6.56. The van der Waals surface area contributed by atoms with Crippen molar-refractivity contribution in [3.8, 4) is 0 Å². The van der Waals surface area contributed by atoms with E-state index in [1.165, 1.54) is 19.3 Å². The van der Waals surface area contributed by atoms with E-state index in [2.05, 4.69) is 10.2 Å². The lowest BCUT2D eigenvalue weighted by atomic mass is 10.1. The first-order chi connectivity index (χ1) is 10.6. The Morgan fingerprint density at radius 2 is 1.73 bits per heavy atom. The van der Waals surface area contributed by atoms with Gasteiger partial charge in [-0.3, -0.25) is 0 Å². The molecule has 1 N–H and O–H groups in total. The van der Waals surface area contributed by atoms with Crippen molar-refractivity contribution in [2.24, 2.45) is 0 Å². The molecule has 0 aromatic heterocycles. The first-order valence-electron chi connectivity index (χ1n) is 8.14. The molecule has 2 heterocycles. The summed E-state index contributed by atoms with van der Waals surface area (Å²) in [6, 6.07) is 7.67. The summed E-state index contributed by atoms with van der Waals surface area (Å²) in [5.41, 5.74) is 1.13. The van der Waals surface area contributed by atoms with Crippen LogP contribution in [0.25, 0.3) is 0 Å². The Morgan fingerprint density at radius 3 is 2.32 bits per heavy atom. The van der Waals surface area contributed by atoms with E-state index in [4.69, 9.17) is 0 Å². The summed E-state index contributed by atoms with van der Waals surface area (Å²) < 4.78 is 26.9. The molecule has 2 fully saturated rings. The molecule has 2 saturated heterocycles. The summed E-state index contributed by atoms with van der Waals surface area (Å²) in [6.07, 6.45) is 4.62. The molecule has 122 valence electrons. The summed E-state index contributed by atoms with van der Waals surface area (Å²) in [7, 11) is -1.47. The third kappa shape index (κ3) is 3.14. The average molecular weight is 323 g/mol. The highest BCUT2D eigenvalue weighted by molar-refractivity contribution is 7.89. The Labute approximate surface area is 133 Å². The van der Waals surface area contributed by atoms with Gasteiger partial charge in [0.2, 0.25) is 10.0 Å². The van der Waals surface area contributed by atoms with E-state index in [9.17, 15) is 8.42 Å². The smallest absolute Gasteiger partial charge is 0.243 e. The molecule has 1 atom stereocenters. The molecule has 0 amide bonds. The molecule has 1 unspecified atom stereocenters. The lowest BCUT2D eigenvalue weighted by Crippen LogP contribution is -2.33. The van der Waals surface area contributed by atoms with Crippen molar-refractivity contribution in [1.29, 1.82) is 0 Å². The second-order valence-electron chi connectivity index (χ2n) is 6.18. The van der Waals surface area contributed by atoms with Gasteiger partial charge in [-0.15, -0.1) is 0 Å². The van der Waals surface area contributed by atoms with Gasteiger partial charge in [0.25, 0.3) is 0 Å². The largest absolute Gasteiger partial charge is 0.372 e. The number of nitrogens with zero attached hydrogens (tertiary/aromatic N) is 2. The number of benzene rings is 1. The summed E-state index contributed by atoms with van der Waals surface area (Å²) in [6.45, 7) is 3.30. The van der Waals surface area contributed by atoms with E-state index in [0.29, 0.717) is 18.0 Å². The number of hydrogen-bond acceptors (Lipinski definition) is 4. The monoisotopic (exact) mass is 323 g/mol. The standard InChI is InChI=1S/C16H25N3O2S/c1-17-14-9-12-19(13-14)22(20,21)16-7-5-15(6-8-16)18-10-3-2-4-11-18/h5-8,14,17H,2-4,9-13H2,1H3. The zero-order valence-electron chi connectivity index (χ0n) is 13.2. The minimum Gasteiger partial charge on any atom is -0.372 e. The van der Waals surface area contributed by atoms with Crippen LogP contribution >= 0.6 is 0 Å². The minimum absolute atomic E-state index is 0.266. The fraction of sp³-hybridized carbons (Fsp3) is 0.625. The first kappa shape index (κ1) is 15.8. The Balaban J connectivity index is 1.74. The quantitative estimate of drug-likeness (QED) is 0.915. The molecule has 2 aliphatic heterocycles. The molecule has 0 bridgehead atoms. The number of hydrogen-bond donors (Lipinski definition) is 1. The third-order valence-electron chi connectivity index (χ3n) is 4.75. The van der Waals surface area contributed by atoms with E-state index >= 15 is 0 Å². The van der Waals surface area contributed by atoms with E-state index < -0.39 is 10.0 Å². The normalized spacial score (nSPS) is 23.9. The van der Waals surface area contributed by atoms with Crippen LogP contribution in [0.2, 0.25) is 0 Å². The van der Waals surface area contributed by atoms with Crippen LogP contribution in [-0.4, -0.2) is 52.0 Å². The van der Waals surface area contributed by atoms with Crippen molar-refractivity contribution in [2.45, 2.75) is 36.6 Å². The predicted octanol–water partition coefficient (Wildman–Crippen LogP) is 1.66. The lowest BCUT2D eigenvalue weighted by molar-refractivity contribution is 0.464. The Bertz CT molecular complexity index is 594. The maximum absolute atomic E-state index is 12.7. The maximum atomic E-state index is 12.7. The molecule has 0 saturated carbocycles. The predicted molar refractivity (Wildman–Crippen MR) is 88.7 cm³/mol. The van der Waals surface area contributed by atoms with Crippen LogP contribution in [0.1, 0.15) is 25.7 Å². The summed E-state index contributed by atoms with van der Waals surface area (Å²) in [5.74, 6) is 0. The Hall–Kier alpha value is -1.11. The van der Waals surface area contributed by atoms with Gasteiger partial charge in [-0.25, -0.2) is 8.42 Å². The van der Waals surface area contributed by atoms with Crippen LogP contribution in [0, 0.1) is 0 Å². The van der Waals surface area contributed by atoms with E-state index in [1.807, 2.05) is 19.2 Å². The second-order valence-corrected chi connectivity index (χ2v) is 8.12. The molecular weight excluding hydrogens is 298 g/mol. The van der Waals surface area contributed by atoms with Gasteiger partial charge in [0.1, 0.15) is 0 Å². The molecule has 2 aliphatic rings. The topological polar surface area (TPSA) is 52.7 Å². The maximum Gasteiger partial charge on any atom is 0.243 e. The molecule has 0 radical (unpaired) electrons. The van der Waals surface area contributed by atoms with Crippen LogP contribution in [0.5, 0.6) is 0 Å². The SMILES string of the molecule is CNC1CCN(S(=O)(=O)c2ccc(N3CCCCC3)cc2)C1. The van der Waals surface area contributed by atoms with Gasteiger partial charge in [0.15, 0.2) is 0 Å². The zero-order chi connectivity index (χ0) is 15.6. The van der Waals surface area contributed by atoms with Gasteiger partial charge < -0.3 is 10.2 Å². The van der Waals surface area contributed by atoms with Gasteiger partial charge in [0.05, 0.1) is 4.90 Å². The van der Waals surface area contributed by atoms with Crippen molar-refractivity contribution in [3.63, 3.8) is 0 Å². The van der Waals surface area contributed by atoms with Crippen LogP contribution in [0.15, 0.2) is 29.2 Å². The molecule has 3 rings (SSSR count). The summed E-state index contributed by atoms with van der Waals surface area (Å²) >= 11 is 0. The van der Waals surface area contributed by atoms with Crippen LogP contribution in [0.4, 0.5) is 5.69 Å². The van der Waals surface area contributed by atoms with Crippen molar-refractivity contribution in [3.05, 3.63) is 24.3 Å². The highest BCUT2D eigenvalue weighted by atomic mass is 32.2. The molecule has 0 spiro atoms. The summed E-state index contributed by atoms with van der Waals surface area (Å²) in [5, 5.41) is 3.16. The van der Waals surface area contributed by atoms with Gasteiger partial charge in [-0.1, -0.05) is 0 Å². The summed E-state index contributed by atoms with van der Waals surface area (Å²) in [4.78, 5) is 2.75. The number of likely N-dealkylation sites (N-methyl/N-ethyl adjacent to an activating group) is 1. The van der Waals surface area contributed by atoms with Crippen molar-refractivity contribution in [1.82, 2.24) is 9.62 Å². The van der Waals surface area contributed by atoms with Crippen molar-refractivity contribution >= 4 is 15.7 Å². The van der Waals surface area contributed by atoms with E-state index in [1.54, 1.807) is 16.4 Å². The number of anilines is 1. The fourth-order valence-corrected chi connectivity index (χ4v) is 4.81. The average Bonchev–Trinajstić information content (AvgIpc) is 3.06. The van der Waals surface area contributed by atoms with E-state index in [-0.39, 0.29) is 6.04 Å². The lowest BCUT2D eigenvalue weighted by Gasteiger charge is -2.29. The van der Waals surface area contributed by atoms with Gasteiger partial charge >= 0.3 is 0 Å². The van der Waals surface area contributed by atoms with Crippen LogP contribution in [-0.2, 0) is 10.0 Å². The van der Waals surface area contributed by atoms with Crippen molar-refractivity contribution < 1.29 is 8.42 Å². The highest BCUT2D eigenvalue weighted by Gasteiger charge is 2.31. The van der Waals surface area contributed by atoms with Gasteiger partial charge in [-0.2, -0.15) is 4.31 Å². The molecule has 22 heavy (non-hydrogen) atoms. The molecule has 1 aromatic carbocycles. The van der Waals surface area contributed by atoms with Crippen molar-refractivity contribution in [2.75, 3.05) is 38.1 Å². The molecule has 0 aliphatic carbocycles. The Kier molecular flexibility index (Phi) is 4.70. The first-order valence-corrected chi connectivity index (χ1v) is 9.58. The number of sulfonamides is 1. The minimum atomic E-state index is -3.35. The van der Waals surface area contributed by atoms with E-state index in [0.717, 1.165) is 25.2 Å². The molecule has 6 heteroatoms. The zero-order valence-corrected chi connectivity index (χ0v) is 14.0. The van der Waals surface area contributed by atoms with Gasteiger partial charge in [-0.05, 0) is 57.0 Å². The molecule has 5 nitrogen and oxygen atoms in total. The van der Waals surface area contributed by atoms with Crippen LogP contribution in [0.3, 0.4) is 0 Å². The number of nitrogens with one attached hydrogen (secondary N) is 1. The third-order valence-corrected chi connectivity index (χ3v) is 6.63. The number of piperidine rings is 1. The number of rotatable bonds is 4. The molecular formula is C16H25N3O2S. The highest BCUT2D eigenvalue weighted by Crippen LogP contribution is 2.25.